The SMILES string of the molecule is CCN1CCC(C)C1C. The fraction of sp³-hybridized carbons (Fsp3) is 1.00. The lowest BCUT2D eigenvalue weighted by molar-refractivity contribution is 0.260. The summed E-state index contributed by atoms with van der Waals surface area (Å²) in [5.74, 6) is 0.921. The zero-order valence-corrected chi connectivity index (χ0v) is 6.72. The van der Waals surface area contributed by atoms with E-state index in [0.717, 1.165) is 12.0 Å². The molecule has 0 radical (unpaired) electrons. The standard InChI is InChI=1S/C8H17N/c1-4-9-6-5-7(2)8(9)3/h7-8H,4-6H2,1-3H3. The Morgan fingerprint density at radius 1 is 1.44 bits per heavy atom. The average Bonchev–Trinajstić information content (AvgIpc) is 2.15. The van der Waals surface area contributed by atoms with Crippen molar-refractivity contribution in [1.29, 1.82) is 0 Å². The van der Waals surface area contributed by atoms with E-state index in [1.54, 1.807) is 0 Å². The van der Waals surface area contributed by atoms with E-state index in [4.69, 9.17) is 0 Å². The van der Waals surface area contributed by atoms with Crippen molar-refractivity contribution in [1.82, 2.24) is 4.90 Å². The van der Waals surface area contributed by atoms with Crippen LogP contribution in [0.4, 0.5) is 0 Å². The molecule has 1 fully saturated rings. The Labute approximate surface area is 58.0 Å². The van der Waals surface area contributed by atoms with Gasteiger partial charge in [-0.1, -0.05) is 13.8 Å². The second-order valence-electron chi connectivity index (χ2n) is 3.14. The van der Waals surface area contributed by atoms with E-state index in [0.29, 0.717) is 0 Å². The molecule has 0 aromatic carbocycles. The summed E-state index contributed by atoms with van der Waals surface area (Å²) < 4.78 is 0. The second-order valence-corrected chi connectivity index (χ2v) is 3.14. The molecule has 1 saturated heterocycles. The number of hydrogen-bond donors (Lipinski definition) is 0. The highest BCUT2D eigenvalue weighted by molar-refractivity contribution is 4.79. The zero-order valence-electron chi connectivity index (χ0n) is 6.72. The van der Waals surface area contributed by atoms with Crippen LogP contribution in [0.5, 0.6) is 0 Å². The molecule has 0 bridgehead atoms. The Kier molecular flexibility index (Phi) is 2.12. The van der Waals surface area contributed by atoms with Gasteiger partial charge in [-0.3, -0.25) is 0 Å². The molecule has 0 aliphatic carbocycles. The first-order chi connectivity index (χ1) is 4.25. The summed E-state index contributed by atoms with van der Waals surface area (Å²) >= 11 is 0. The average molecular weight is 127 g/mol. The summed E-state index contributed by atoms with van der Waals surface area (Å²) in [5.41, 5.74) is 0. The minimum atomic E-state index is 0.829. The predicted octanol–water partition coefficient (Wildman–Crippen LogP) is 1.74. The van der Waals surface area contributed by atoms with Gasteiger partial charge in [0.25, 0.3) is 0 Å². The lowest BCUT2D eigenvalue weighted by Crippen LogP contribution is -2.28. The minimum absolute atomic E-state index is 0.829. The maximum absolute atomic E-state index is 2.55. The van der Waals surface area contributed by atoms with Crippen LogP contribution in [-0.2, 0) is 0 Å². The molecule has 2 unspecified atom stereocenters. The number of nitrogens with zero attached hydrogens (tertiary/aromatic N) is 1. The number of likely N-dealkylation sites (tertiary alicyclic amines) is 1. The topological polar surface area (TPSA) is 3.24 Å². The summed E-state index contributed by atoms with van der Waals surface area (Å²) in [6.45, 7) is 9.47. The van der Waals surface area contributed by atoms with Gasteiger partial charge in [0.1, 0.15) is 0 Å². The Hall–Kier alpha value is -0.0400. The Balaban J connectivity index is 2.41. The minimum Gasteiger partial charge on any atom is -0.301 e. The summed E-state index contributed by atoms with van der Waals surface area (Å²) in [7, 11) is 0. The third kappa shape index (κ3) is 1.26. The highest BCUT2D eigenvalue weighted by Crippen LogP contribution is 2.22. The lowest BCUT2D eigenvalue weighted by atomic mass is 10.1. The van der Waals surface area contributed by atoms with E-state index < -0.39 is 0 Å². The monoisotopic (exact) mass is 127 g/mol. The molecule has 1 rings (SSSR count). The van der Waals surface area contributed by atoms with Crippen LogP contribution >= 0.6 is 0 Å². The van der Waals surface area contributed by atoms with Crippen molar-refractivity contribution in [3.63, 3.8) is 0 Å². The summed E-state index contributed by atoms with van der Waals surface area (Å²) in [4.78, 5) is 2.55. The first kappa shape index (κ1) is 7.07. The van der Waals surface area contributed by atoms with Crippen LogP contribution in [0.25, 0.3) is 0 Å². The fourth-order valence-corrected chi connectivity index (χ4v) is 1.62. The molecule has 1 aliphatic heterocycles. The third-order valence-electron chi connectivity index (χ3n) is 2.68. The molecule has 0 saturated carbocycles. The molecule has 1 heteroatoms. The largest absolute Gasteiger partial charge is 0.301 e. The fourth-order valence-electron chi connectivity index (χ4n) is 1.62. The predicted molar refractivity (Wildman–Crippen MR) is 40.5 cm³/mol. The van der Waals surface area contributed by atoms with Crippen molar-refractivity contribution in [2.75, 3.05) is 13.1 Å². The van der Waals surface area contributed by atoms with Gasteiger partial charge in [-0.05, 0) is 32.4 Å². The molecule has 1 heterocycles. The first-order valence-corrected chi connectivity index (χ1v) is 3.99. The van der Waals surface area contributed by atoms with Gasteiger partial charge in [-0.15, -0.1) is 0 Å². The van der Waals surface area contributed by atoms with E-state index in [1.807, 2.05) is 0 Å². The number of hydrogen-bond acceptors (Lipinski definition) is 1. The highest BCUT2D eigenvalue weighted by atomic mass is 15.2. The molecule has 0 amide bonds. The molecule has 0 spiro atoms. The van der Waals surface area contributed by atoms with E-state index in [-0.39, 0.29) is 0 Å². The molecular formula is C8H17N. The molecule has 0 aromatic heterocycles. The van der Waals surface area contributed by atoms with Crippen molar-refractivity contribution in [3.8, 4) is 0 Å². The summed E-state index contributed by atoms with van der Waals surface area (Å²) in [6, 6.07) is 0.829. The van der Waals surface area contributed by atoms with E-state index in [9.17, 15) is 0 Å². The molecule has 1 nitrogen and oxygen atoms in total. The van der Waals surface area contributed by atoms with Crippen molar-refractivity contribution < 1.29 is 0 Å². The quantitative estimate of drug-likeness (QED) is 0.518. The van der Waals surface area contributed by atoms with Gasteiger partial charge in [0.15, 0.2) is 0 Å². The van der Waals surface area contributed by atoms with E-state index in [1.165, 1.54) is 19.5 Å². The van der Waals surface area contributed by atoms with Gasteiger partial charge in [0, 0.05) is 6.04 Å². The maximum atomic E-state index is 2.55. The van der Waals surface area contributed by atoms with Crippen LogP contribution in [0.1, 0.15) is 27.2 Å². The van der Waals surface area contributed by atoms with Crippen LogP contribution < -0.4 is 0 Å². The second kappa shape index (κ2) is 2.70. The van der Waals surface area contributed by atoms with E-state index >= 15 is 0 Å². The summed E-state index contributed by atoms with van der Waals surface area (Å²) in [5, 5.41) is 0. The lowest BCUT2D eigenvalue weighted by Gasteiger charge is -2.20. The Morgan fingerprint density at radius 2 is 2.11 bits per heavy atom. The molecule has 9 heavy (non-hydrogen) atoms. The van der Waals surface area contributed by atoms with Crippen molar-refractivity contribution in [3.05, 3.63) is 0 Å². The van der Waals surface area contributed by atoms with Crippen molar-refractivity contribution in [2.24, 2.45) is 5.92 Å². The van der Waals surface area contributed by atoms with Gasteiger partial charge in [-0.2, -0.15) is 0 Å². The molecule has 1 aliphatic rings. The van der Waals surface area contributed by atoms with E-state index in [2.05, 4.69) is 25.7 Å². The van der Waals surface area contributed by atoms with Crippen LogP contribution in [0.2, 0.25) is 0 Å². The molecule has 0 N–H and O–H groups in total. The molecule has 2 atom stereocenters. The Morgan fingerprint density at radius 3 is 2.33 bits per heavy atom. The Bertz CT molecular complexity index is 90.6. The van der Waals surface area contributed by atoms with Crippen LogP contribution in [0, 0.1) is 5.92 Å². The normalized spacial score (nSPS) is 37.7. The smallest absolute Gasteiger partial charge is 0.00929 e. The van der Waals surface area contributed by atoms with Gasteiger partial charge in [0.2, 0.25) is 0 Å². The number of rotatable bonds is 1. The van der Waals surface area contributed by atoms with Gasteiger partial charge >= 0.3 is 0 Å². The van der Waals surface area contributed by atoms with Crippen LogP contribution in [-0.4, -0.2) is 24.0 Å². The van der Waals surface area contributed by atoms with Gasteiger partial charge in [-0.25, -0.2) is 0 Å². The maximum Gasteiger partial charge on any atom is 0.00929 e. The van der Waals surface area contributed by atoms with Crippen molar-refractivity contribution >= 4 is 0 Å². The third-order valence-corrected chi connectivity index (χ3v) is 2.68. The summed E-state index contributed by atoms with van der Waals surface area (Å²) in [6.07, 6.45) is 1.40. The molecule has 0 aromatic rings. The van der Waals surface area contributed by atoms with Gasteiger partial charge in [0.05, 0.1) is 0 Å². The van der Waals surface area contributed by atoms with Gasteiger partial charge < -0.3 is 4.90 Å². The first-order valence-electron chi connectivity index (χ1n) is 3.99. The molecular weight excluding hydrogens is 110 g/mol. The van der Waals surface area contributed by atoms with Crippen LogP contribution in [0.15, 0.2) is 0 Å². The molecule has 54 valence electrons. The van der Waals surface area contributed by atoms with Crippen molar-refractivity contribution in [2.45, 2.75) is 33.2 Å². The zero-order chi connectivity index (χ0) is 6.85. The highest BCUT2D eigenvalue weighted by Gasteiger charge is 2.25. The van der Waals surface area contributed by atoms with Crippen LogP contribution in [0.3, 0.4) is 0 Å².